The largest absolute Gasteiger partial charge is 0.310 e. The van der Waals surface area contributed by atoms with E-state index in [1.165, 1.54) is 4.88 Å². The summed E-state index contributed by atoms with van der Waals surface area (Å²) in [6.45, 7) is 6.53. The molecule has 6 heteroatoms. The van der Waals surface area contributed by atoms with Crippen molar-refractivity contribution >= 4 is 11.3 Å². The van der Waals surface area contributed by atoms with E-state index in [4.69, 9.17) is 4.98 Å². The monoisotopic (exact) mass is 380 g/mol. The third-order valence-electron chi connectivity index (χ3n) is 4.90. The zero-order chi connectivity index (χ0) is 18.8. The fourth-order valence-corrected chi connectivity index (χ4v) is 4.62. The van der Waals surface area contributed by atoms with Crippen molar-refractivity contribution in [3.8, 4) is 11.3 Å². The molecule has 3 aromatic rings. The molecule has 3 heterocycles. The Hall–Kier alpha value is -2.31. The summed E-state index contributed by atoms with van der Waals surface area (Å²) >= 11 is 1.74. The third-order valence-corrected chi connectivity index (χ3v) is 5.86. The van der Waals surface area contributed by atoms with E-state index < -0.39 is 0 Å². The Bertz CT molecular complexity index is 993. The van der Waals surface area contributed by atoms with Gasteiger partial charge in [0, 0.05) is 42.9 Å². The van der Waals surface area contributed by atoms with E-state index in [-0.39, 0.29) is 5.56 Å². The van der Waals surface area contributed by atoms with Gasteiger partial charge in [0.15, 0.2) is 0 Å². The van der Waals surface area contributed by atoms with Crippen LogP contribution in [0.15, 0.2) is 35.1 Å². The molecule has 140 valence electrons. The van der Waals surface area contributed by atoms with Gasteiger partial charge >= 0.3 is 0 Å². The van der Waals surface area contributed by atoms with Gasteiger partial charge in [-0.2, -0.15) is 0 Å². The Morgan fingerprint density at radius 2 is 2.04 bits per heavy atom. The standard InChI is InChI=1S/C21H24N4OS/c1-3-7-19-23-17-10-11-25(12-16(17)21(26)24-19)13-18-20(22-14(2)27-18)15-8-5-4-6-9-15/h4-6,8-9H,3,7,10-13H2,1-2H3,(H,23,24,26). The van der Waals surface area contributed by atoms with Gasteiger partial charge in [0.1, 0.15) is 5.82 Å². The summed E-state index contributed by atoms with van der Waals surface area (Å²) in [5.74, 6) is 0.819. The number of benzene rings is 1. The van der Waals surface area contributed by atoms with Gasteiger partial charge < -0.3 is 4.98 Å². The summed E-state index contributed by atoms with van der Waals surface area (Å²) < 4.78 is 0. The lowest BCUT2D eigenvalue weighted by molar-refractivity contribution is 0.243. The summed E-state index contributed by atoms with van der Waals surface area (Å²) in [6.07, 6.45) is 2.64. The fourth-order valence-electron chi connectivity index (χ4n) is 3.62. The molecule has 0 atom stereocenters. The van der Waals surface area contributed by atoms with Crippen molar-refractivity contribution in [1.29, 1.82) is 0 Å². The molecule has 0 fully saturated rings. The zero-order valence-electron chi connectivity index (χ0n) is 15.8. The Labute approximate surface area is 163 Å². The molecular weight excluding hydrogens is 356 g/mol. The summed E-state index contributed by atoms with van der Waals surface area (Å²) in [4.78, 5) is 28.5. The van der Waals surface area contributed by atoms with E-state index in [1.54, 1.807) is 11.3 Å². The molecule has 4 rings (SSSR count). The van der Waals surface area contributed by atoms with E-state index >= 15 is 0 Å². The van der Waals surface area contributed by atoms with Crippen LogP contribution < -0.4 is 5.56 Å². The number of hydrogen-bond acceptors (Lipinski definition) is 5. The molecule has 0 radical (unpaired) electrons. The van der Waals surface area contributed by atoms with Gasteiger partial charge in [-0.1, -0.05) is 37.3 Å². The molecule has 0 saturated carbocycles. The maximum Gasteiger partial charge on any atom is 0.255 e. The predicted octanol–water partition coefficient (Wildman–Crippen LogP) is 3.71. The van der Waals surface area contributed by atoms with Crippen molar-refractivity contribution in [3.05, 3.63) is 67.7 Å². The molecule has 1 aromatic carbocycles. The third kappa shape index (κ3) is 3.87. The minimum absolute atomic E-state index is 0.0249. The SMILES string of the molecule is CCCc1nc2c(c(=O)[nH]1)CN(Cc1sc(C)nc1-c1ccccc1)CC2. The highest BCUT2D eigenvalue weighted by Gasteiger charge is 2.23. The molecule has 0 unspecified atom stereocenters. The topological polar surface area (TPSA) is 61.9 Å². The first-order valence-electron chi connectivity index (χ1n) is 9.49. The number of rotatable bonds is 5. The molecule has 0 spiro atoms. The predicted molar refractivity (Wildman–Crippen MR) is 109 cm³/mol. The average molecular weight is 381 g/mol. The van der Waals surface area contributed by atoms with Crippen LogP contribution in [0.2, 0.25) is 0 Å². The van der Waals surface area contributed by atoms with Crippen LogP contribution in [0.4, 0.5) is 0 Å². The molecule has 5 nitrogen and oxygen atoms in total. The van der Waals surface area contributed by atoms with Crippen LogP contribution in [0.25, 0.3) is 11.3 Å². The first-order valence-corrected chi connectivity index (χ1v) is 10.3. The van der Waals surface area contributed by atoms with Gasteiger partial charge in [-0.25, -0.2) is 9.97 Å². The summed E-state index contributed by atoms with van der Waals surface area (Å²) in [7, 11) is 0. The molecule has 0 saturated heterocycles. The van der Waals surface area contributed by atoms with E-state index in [2.05, 4.69) is 40.8 Å². The number of nitrogens with zero attached hydrogens (tertiary/aromatic N) is 3. The second-order valence-electron chi connectivity index (χ2n) is 7.02. The lowest BCUT2D eigenvalue weighted by Crippen LogP contribution is -2.35. The molecule has 1 aliphatic rings. The van der Waals surface area contributed by atoms with Gasteiger partial charge in [0.05, 0.1) is 22.0 Å². The van der Waals surface area contributed by atoms with Crippen molar-refractivity contribution in [2.75, 3.05) is 6.54 Å². The van der Waals surface area contributed by atoms with E-state index in [9.17, 15) is 4.79 Å². The van der Waals surface area contributed by atoms with Gasteiger partial charge in [-0.3, -0.25) is 9.69 Å². The molecule has 2 aromatic heterocycles. The van der Waals surface area contributed by atoms with E-state index in [0.29, 0.717) is 6.54 Å². The highest BCUT2D eigenvalue weighted by Crippen LogP contribution is 2.30. The molecule has 0 aliphatic carbocycles. The van der Waals surface area contributed by atoms with Gasteiger partial charge in [-0.05, 0) is 13.3 Å². The Morgan fingerprint density at radius 3 is 2.81 bits per heavy atom. The van der Waals surface area contributed by atoms with E-state index in [1.807, 2.05) is 18.2 Å². The number of nitrogens with one attached hydrogen (secondary N) is 1. The number of thiazole rings is 1. The quantitative estimate of drug-likeness (QED) is 0.733. The van der Waals surface area contributed by atoms with Crippen molar-refractivity contribution in [2.45, 2.75) is 46.2 Å². The molecular formula is C21H24N4OS. The second kappa shape index (κ2) is 7.74. The molecule has 1 aliphatic heterocycles. The van der Waals surface area contributed by atoms with Gasteiger partial charge in [0.2, 0.25) is 0 Å². The summed E-state index contributed by atoms with van der Waals surface area (Å²) in [5.41, 5.74) is 4.04. The van der Waals surface area contributed by atoms with Crippen LogP contribution in [0.5, 0.6) is 0 Å². The lowest BCUT2D eigenvalue weighted by atomic mass is 10.1. The van der Waals surface area contributed by atoms with Crippen LogP contribution in [-0.2, 0) is 25.9 Å². The van der Waals surface area contributed by atoms with Crippen molar-refractivity contribution in [2.24, 2.45) is 0 Å². The molecule has 0 bridgehead atoms. The van der Waals surface area contributed by atoms with Crippen molar-refractivity contribution in [1.82, 2.24) is 19.9 Å². The number of hydrogen-bond donors (Lipinski definition) is 1. The molecule has 0 amide bonds. The second-order valence-corrected chi connectivity index (χ2v) is 8.31. The first-order chi connectivity index (χ1) is 13.1. The summed E-state index contributed by atoms with van der Waals surface area (Å²) in [5, 5.41) is 1.07. The highest BCUT2D eigenvalue weighted by atomic mass is 32.1. The number of fused-ring (bicyclic) bond motifs is 1. The molecule has 27 heavy (non-hydrogen) atoms. The number of aryl methyl sites for hydroxylation is 2. The van der Waals surface area contributed by atoms with Gasteiger partial charge in [-0.15, -0.1) is 11.3 Å². The number of aromatic nitrogens is 3. The van der Waals surface area contributed by atoms with Crippen molar-refractivity contribution < 1.29 is 0 Å². The van der Waals surface area contributed by atoms with E-state index in [0.717, 1.165) is 65.7 Å². The Kier molecular flexibility index (Phi) is 5.18. The highest BCUT2D eigenvalue weighted by molar-refractivity contribution is 7.12. The first kappa shape index (κ1) is 18.1. The van der Waals surface area contributed by atoms with Crippen LogP contribution >= 0.6 is 11.3 Å². The Morgan fingerprint density at radius 1 is 1.22 bits per heavy atom. The Balaban J connectivity index is 1.57. The number of H-pyrrole nitrogens is 1. The minimum Gasteiger partial charge on any atom is -0.310 e. The minimum atomic E-state index is 0.0249. The molecule has 1 N–H and O–H groups in total. The number of aromatic amines is 1. The van der Waals surface area contributed by atoms with Crippen molar-refractivity contribution in [3.63, 3.8) is 0 Å². The van der Waals surface area contributed by atoms with Crippen LogP contribution in [0.3, 0.4) is 0 Å². The summed E-state index contributed by atoms with van der Waals surface area (Å²) in [6, 6.07) is 10.3. The maximum atomic E-state index is 12.5. The van der Waals surface area contributed by atoms with Crippen LogP contribution in [-0.4, -0.2) is 26.4 Å². The van der Waals surface area contributed by atoms with Crippen LogP contribution in [0.1, 0.15) is 40.3 Å². The van der Waals surface area contributed by atoms with Gasteiger partial charge in [0.25, 0.3) is 5.56 Å². The van der Waals surface area contributed by atoms with Crippen LogP contribution in [0, 0.1) is 6.92 Å². The average Bonchev–Trinajstić information content (AvgIpc) is 3.03. The normalized spacial score (nSPS) is 14.3. The smallest absolute Gasteiger partial charge is 0.255 e. The zero-order valence-corrected chi connectivity index (χ0v) is 16.6. The fraction of sp³-hybridized carbons (Fsp3) is 0.381. The maximum absolute atomic E-state index is 12.5. The lowest BCUT2D eigenvalue weighted by Gasteiger charge is -2.27.